The van der Waals surface area contributed by atoms with E-state index >= 15 is 0 Å². The second-order valence-corrected chi connectivity index (χ2v) is 2.37. The van der Waals surface area contributed by atoms with Crippen molar-refractivity contribution in [1.82, 2.24) is 0 Å². The molecule has 0 radical (unpaired) electrons. The van der Waals surface area contributed by atoms with Crippen LogP contribution in [0.5, 0.6) is 0 Å². The maximum Gasteiger partial charge on any atom is 0.0992 e. The third-order valence-electron chi connectivity index (χ3n) is 0.727. The van der Waals surface area contributed by atoms with Gasteiger partial charge < -0.3 is 5.11 Å². The highest BCUT2D eigenvalue weighted by molar-refractivity contribution is 7.99. The first-order valence-corrected chi connectivity index (χ1v) is 3.15. The molecule has 2 unspecified atom stereocenters. The standard InChI is InChI=1S/C5H10OS/c6-5-3-1-2-4-7-5/h5-6H,1-4H2/i1D,3D2,5D. The summed E-state index contributed by atoms with van der Waals surface area (Å²) in [5, 5.41) is 9.21. The third-order valence-corrected chi connectivity index (χ3v) is 1.56. The lowest BCUT2D eigenvalue weighted by Crippen LogP contribution is -2.06. The topological polar surface area (TPSA) is 20.2 Å². The fourth-order valence-electron chi connectivity index (χ4n) is 0.416. The van der Waals surface area contributed by atoms with Crippen LogP contribution >= 0.6 is 11.8 Å². The Morgan fingerprint density at radius 3 is 3.43 bits per heavy atom. The number of hydrogen-bond donors (Lipinski definition) is 1. The van der Waals surface area contributed by atoms with Crippen LogP contribution in [0.2, 0.25) is 0 Å². The van der Waals surface area contributed by atoms with Gasteiger partial charge in [0.15, 0.2) is 0 Å². The lowest BCUT2D eigenvalue weighted by molar-refractivity contribution is 0.244. The van der Waals surface area contributed by atoms with Crippen molar-refractivity contribution in [3.63, 3.8) is 0 Å². The summed E-state index contributed by atoms with van der Waals surface area (Å²) in [4.78, 5) is 0. The first-order chi connectivity index (χ1) is 4.88. The fraction of sp³-hybridized carbons (Fsp3) is 1.00. The Hall–Kier alpha value is 0.310. The van der Waals surface area contributed by atoms with Crippen LogP contribution in [0.25, 0.3) is 0 Å². The van der Waals surface area contributed by atoms with Crippen molar-refractivity contribution < 1.29 is 10.6 Å². The molecule has 2 atom stereocenters. The van der Waals surface area contributed by atoms with Crippen LogP contribution in [0.4, 0.5) is 0 Å². The van der Waals surface area contributed by atoms with E-state index in [0.29, 0.717) is 12.2 Å². The van der Waals surface area contributed by atoms with E-state index in [9.17, 15) is 5.11 Å². The van der Waals surface area contributed by atoms with Crippen LogP contribution in [0.1, 0.15) is 24.7 Å². The van der Waals surface area contributed by atoms with Crippen LogP contribution in [0.15, 0.2) is 0 Å². The van der Waals surface area contributed by atoms with Gasteiger partial charge in [-0.05, 0) is 24.9 Å². The molecule has 1 nitrogen and oxygen atoms in total. The molecule has 0 aromatic heterocycles. The lowest BCUT2D eigenvalue weighted by atomic mass is 10.2. The third kappa shape index (κ3) is 1.70. The minimum absolute atomic E-state index is 0.402. The maximum absolute atomic E-state index is 9.21. The first kappa shape index (κ1) is 2.28. The molecule has 1 heterocycles. The molecule has 0 aromatic carbocycles. The monoisotopic (exact) mass is 122 g/mol. The van der Waals surface area contributed by atoms with Crippen molar-refractivity contribution in [1.29, 1.82) is 0 Å². The van der Waals surface area contributed by atoms with Crippen LogP contribution in [-0.4, -0.2) is 16.3 Å². The van der Waals surface area contributed by atoms with Crippen molar-refractivity contribution in [2.24, 2.45) is 0 Å². The molecule has 0 aromatic rings. The summed E-state index contributed by atoms with van der Waals surface area (Å²) in [6.45, 7) is 0. The molecule has 42 valence electrons. The van der Waals surface area contributed by atoms with Gasteiger partial charge >= 0.3 is 0 Å². The van der Waals surface area contributed by atoms with Crippen LogP contribution in [0.3, 0.4) is 0 Å². The van der Waals surface area contributed by atoms with Gasteiger partial charge in [0.25, 0.3) is 0 Å². The van der Waals surface area contributed by atoms with E-state index in [2.05, 4.69) is 0 Å². The van der Waals surface area contributed by atoms with Gasteiger partial charge in [-0.15, -0.1) is 11.8 Å². The molecule has 1 rings (SSSR count). The molecule has 7 heavy (non-hydrogen) atoms. The predicted octanol–water partition coefficient (Wildman–Crippen LogP) is 1.22. The summed E-state index contributed by atoms with van der Waals surface area (Å²) in [7, 11) is 0. The molecular weight excluding hydrogens is 108 g/mol. The van der Waals surface area contributed by atoms with E-state index in [1.807, 2.05) is 0 Å². The van der Waals surface area contributed by atoms with Crippen molar-refractivity contribution in [2.45, 2.75) is 24.6 Å². The van der Waals surface area contributed by atoms with Gasteiger partial charge in [0, 0.05) is 4.11 Å². The number of thioether (sulfide) groups is 1. The van der Waals surface area contributed by atoms with Gasteiger partial charge in [-0.1, -0.05) is 0 Å². The molecule has 0 amide bonds. The van der Waals surface area contributed by atoms with Gasteiger partial charge in [-0.25, -0.2) is 0 Å². The highest BCUT2D eigenvalue weighted by atomic mass is 32.2. The Bertz CT molecular complexity index is 161. The number of hydrogen-bond acceptors (Lipinski definition) is 2. The molecule has 0 bridgehead atoms. The van der Waals surface area contributed by atoms with E-state index in [0.717, 1.165) is 11.8 Å². The molecule has 0 saturated carbocycles. The SMILES string of the molecule is [2H]C1CCSC([2H])(O)C1([2H])[2H]. The molecule has 1 saturated heterocycles. The molecule has 0 spiro atoms. The maximum atomic E-state index is 9.21. The van der Waals surface area contributed by atoms with E-state index in [4.69, 9.17) is 5.48 Å². The van der Waals surface area contributed by atoms with Gasteiger partial charge in [0.1, 0.15) is 0 Å². The largest absolute Gasteiger partial charge is 0.382 e. The predicted molar refractivity (Wildman–Crippen MR) is 32.3 cm³/mol. The average Bonchev–Trinajstić information content (AvgIpc) is 1.84. The summed E-state index contributed by atoms with van der Waals surface area (Å²) in [5.41, 5.74) is -2.14. The quantitative estimate of drug-likeness (QED) is 0.521. The molecular formula is C5H10OS. The Balaban J connectivity index is 2.82. The summed E-state index contributed by atoms with van der Waals surface area (Å²) in [5.74, 6) is 0.480. The van der Waals surface area contributed by atoms with Crippen LogP contribution < -0.4 is 0 Å². The molecule has 1 N–H and O–H groups in total. The van der Waals surface area contributed by atoms with Gasteiger partial charge in [0.05, 0.1) is 6.78 Å². The lowest BCUT2D eigenvalue weighted by Gasteiger charge is -2.14. The Morgan fingerprint density at radius 1 is 2.00 bits per heavy atom. The zero-order valence-corrected chi connectivity index (χ0v) is 4.66. The highest BCUT2D eigenvalue weighted by Gasteiger charge is 2.08. The molecule has 2 heteroatoms. The molecule has 1 aliphatic rings. The minimum Gasteiger partial charge on any atom is -0.382 e. The van der Waals surface area contributed by atoms with Crippen LogP contribution in [0, 0.1) is 0 Å². The average molecular weight is 122 g/mol. The summed E-state index contributed by atoms with van der Waals surface area (Å²) in [6.07, 6.45) is -2.69. The fourth-order valence-corrected chi connectivity index (χ4v) is 1.01. The summed E-state index contributed by atoms with van der Waals surface area (Å²) >= 11 is 0.858. The van der Waals surface area contributed by atoms with E-state index < -0.39 is 18.2 Å². The summed E-state index contributed by atoms with van der Waals surface area (Å²) in [6, 6.07) is 0. The number of rotatable bonds is 0. The van der Waals surface area contributed by atoms with Crippen molar-refractivity contribution >= 4 is 11.8 Å². The van der Waals surface area contributed by atoms with Gasteiger partial charge in [-0.3, -0.25) is 0 Å². The van der Waals surface area contributed by atoms with Gasteiger partial charge in [-0.2, -0.15) is 0 Å². The first-order valence-electron chi connectivity index (χ1n) is 4.24. The Labute approximate surface area is 53.7 Å². The second-order valence-electron chi connectivity index (χ2n) is 1.29. The zero-order valence-electron chi connectivity index (χ0n) is 7.85. The van der Waals surface area contributed by atoms with E-state index in [1.54, 1.807) is 0 Å². The van der Waals surface area contributed by atoms with E-state index in [1.165, 1.54) is 0 Å². The Kier molecular flexibility index (Phi) is 0.837. The molecule has 0 aliphatic carbocycles. The van der Waals surface area contributed by atoms with Crippen LogP contribution in [-0.2, 0) is 0 Å². The Morgan fingerprint density at radius 2 is 2.86 bits per heavy atom. The highest BCUT2D eigenvalue weighted by Crippen LogP contribution is 2.21. The minimum atomic E-state index is -2.14. The molecule has 1 aliphatic heterocycles. The molecule has 1 fully saturated rings. The van der Waals surface area contributed by atoms with Crippen molar-refractivity contribution in [3.05, 3.63) is 0 Å². The second kappa shape index (κ2) is 2.58. The smallest absolute Gasteiger partial charge is 0.0992 e. The van der Waals surface area contributed by atoms with Crippen molar-refractivity contribution in [2.75, 3.05) is 5.75 Å². The zero-order chi connectivity index (χ0) is 8.70. The van der Waals surface area contributed by atoms with E-state index in [-0.39, 0.29) is 0 Å². The number of aliphatic hydroxyl groups is 1. The van der Waals surface area contributed by atoms with Crippen molar-refractivity contribution in [3.8, 4) is 0 Å². The summed E-state index contributed by atoms with van der Waals surface area (Å²) < 4.78 is 29.0. The normalized spacial score (nSPS) is 69.6. The van der Waals surface area contributed by atoms with Gasteiger partial charge in [0.2, 0.25) is 0 Å².